The van der Waals surface area contributed by atoms with Gasteiger partial charge in [0.2, 0.25) is 0 Å². The largest absolute Gasteiger partial charge is 0.396 e. The molecule has 13 heavy (non-hydrogen) atoms. The van der Waals surface area contributed by atoms with E-state index in [-0.39, 0.29) is 11.4 Å². The highest BCUT2D eigenvalue weighted by Crippen LogP contribution is 2.40. The predicted molar refractivity (Wildman–Crippen MR) is 54.3 cm³/mol. The van der Waals surface area contributed by atoms with Crippen LogP contribution in [0.15, 0.2) is 0 Å². The maximum absolute atomic E-state index is 11.2. The molecule has 0 radical (unpaired) electrons. The van der Waals surface area contributed by atoms with E-state index in [4.69, 9.17) is 10.2 Å². The Morgan fingerprint density at radius 2 is 2.15 bits per heavy atom. The highest BCUT2D eigenvalue weighted by molar-refractivity contribution is 7.84. The van der Waals surface area contributed by atoms with Crippen molar-refractivity contribution in [2.24, 2.45) is 17.0 Å². The minimum atomic E-state index is -1.30. The molecule has 0 amide bonds. The van der Waals surface area contributed by atoms with Crippen molar-refractivity contribution in [1.82, 2.24) is 0 Å². The van der Waals surface area contributed by atoms with Gasteiger partial charge in [-0.05, 0) is 44.9 Å². The summed E-state index contributed by atoms with van der Waals surface area (Å²) in [4.78, 5) is 0. The minimum absolute atomic E-state index is 0.200. The second kappa shape index (κ2) is 4.07. The van der Waals surface area contributed by atoms with Crippen molar-refractivity contribution in [2.75, 3.05) is 6.61 Å². The molecule has 0 saturated heterocycles. The van der Waals surface area contributed by atoms with Crippen LogP contribution in [0.3, 0.4) is 0 Å². The lowest BCUT2D eigenvalue weighted by atomic mass is 9.93. The van der Waals surface area contributed by atoms with Crippen LogP contribution < -0.4 is 5.14 Å². The zero-order chi connectivity index (χ0) is 10.1. The Balaban J connectivity index is 2.48. The van der Waals surface area contributed by atoms with Crippen LogP contribution in [0.4, 0.5) is 0 Å². The Kier molecular flexibility index (Phi) is 3.49. The highest BCUT2D eigenvalue weighted by Gasteiger charge is 2.36. The van der Waals surface area contributed by atoms with Crippen LogP contribution in [0.1, 0.15) is 33.1 Å². The molecule has 78 valence electrons. The van der Waals surface area contributed by atoms with Crippen LogP contribution in [0.25, 0.3) is 0 Å². The maximum atomic E-state index is 11.2. The van der Waals surface area contributed by atoms with Gasteiger partial charge < -0.3 is 5.11 Å². The van der Waals surface area contributed by atoms with Crippen LogP contribution in [0, 0.1) is 11.8 Å². The van der Waals surface area contributed by atoms with E-state index in [2.05, 4.69) is 0 Å². The van der Waals surface area contributed by atoms with Gasteiger partial charge in [-0.3, -0.25) is 5.14 Å². The first-order valence-electron chi connectivity index (χ1n) is 4.74. The number of rotatable bonds is 5. The Morgan fingerprint density at radius 1 is 1.62 bits per heavy atom. The maximum Gasteiger partial charge on any atom is 0.0945 e. The smallest absolute Gasteiger partial charge is 0.0945 e. The van der Waals surface area contributed by atoms with Crippen molar-refractivity contribution in [3.63, 3.8) is 0 Å². The van der Waals surface area contributed by atoms with Crippen LogP contribution in [-0.4, -0.2) is 20.7 Å². The van der Waals surface area contributed by atoms with Crippen molar-refractivity contribution in [3.05, 3.63) is 0 Å². The highest BCUT2D eigenvalue weighted by atomic mass is 32.2. The fourth-order valence-electron chi connectivity index (χ4n) is 1.66. The zero-order valence-corrected chi connectivity index (χ0v) is 9.14. The second-order valence-electron chi connectivity index (χ2n) is 4.54. The van der Waals surface area contributed by atoms with Crippen molar-refractivity contribution in [2.45, 2.75) is 37.9 Å². The van der Waals surface area contributed by atoms with Gasteiger partial charge in [0.05, 0.1) is 15.7 Å². The Labute approximate surface area is 82.3 Å². The van der Waals surface area contributed by atoms with Gasteiger partial charge in [0, 0.05) is 6.61 Å². The molecule has 1 saturated carbocycles. The second-order valence-corrected chi connectivity index (χ2v) is 6.24. The number of hydrogen-bond acceptors (Lipinski definition) is 2. The number of nitrogens with two attached hydrogens (primary N) is 1. The Hall–Kier alpha value is 0.0700. The normalized spacial score (nSPS) is 22.8. The summed E-state index contributed by atoms with van der Waals surface area (Å²) in [6.45, 7) is 3.99. The summed E-state index contributed by atoms with van der Waals surface area (Å²) >= 11 is 0. The SMILES string of the molecule is CC(C)(C[C@H](CO)C1CC1)S(N)=O. The van der Waals surface area contributed by atoms with Crippen LogP contribution in [0.5, 0.6) is 0 Å². The molecule has 0 aromatic carbocycles. The molecule has 1 rings (SSSR count). The molecule has 4 heteroatoms. The molecule has 2 atom stereocenters. The third-order valence-corrected chi connectivity index (χ3v) is 4.08. The molecule has 1 aliphatic rings. The van der Waals surface area contributed by atoms with Crippen molar-refractivity contribution in [3.8, 4) is 0 Å². The third-order valence-electron chi connectivity index (χ3n) is 2.82. The molecule has 0 bridgehead atoms. The molecule has 0 aromatic rings. The fourth-order valence-corrected chi connectivity index (χ4v) is 2.04. The average molecular weight is 205 g/mol. The molecule has 0 aromatic heterocycles. The molecule has 0 heterocycles. The lowest BCUT2D eigenvalue weighted by Crippen LogP contribution is -2.35. The summed E-state index contributed by atoms with van der Waals surface area (Å²) in [5.74, 6) is 0.940. The quantitative estimate of drug-likeness (QED) is 0.697. The molecule has 3 N–H and O–H groups in total. The van der Waals surface area contributed by atoms with Gasteiger partial charge in [-0.1, -0.05) is 0 Å². The number of aliphatic hydroxyl groups excluding tert-OH is 1. The number of aliphatic hydroxyl groups is 1. The first-order valence-corrected chi connectivity index (χ1v) is 5.96. The summed E-state index contributed by atoms with van der Waals surface area (Å²) in [5.41, 5.74) is 0. The van der Waals surface area contributed by atoms with Crippen molar-refractivity contribution >= 4 is 11.0 Å². The van der Waals surface area contributed by atoms with Gasteiger partial charge in [0.25, 0.3) is 0 Å². The minimum Gasteiger partial charge on any atom is -0.396 e. The molecule has 3 nitrogen and oxygen atoms in total. The number of hydrogen-bond donors (Lipinski definition) is 2. The standard InChI is InChI=1S/C9H19NO2S/c1-9(2,13(10)12)5-8(6-11)7-3-4-7/h7-8,11H,3-6,10H2,1-2H3/t8-,13?/m1/s1. The van der Waals surface area contributed by atoms with Crippen LogP contribution in [0.2, 0.25) is 0 Å². The first-order chi connectivity index (χ1) is 5.97. The fraction of sp³-hybridized carbons (Fsp3) is 1.00. The zero-order valence-electron chi connectivity index (χ0n) is 8.32. The van der Waals surface area contributed by atoms with E-state index >= 15 is 0 Å². The van der Waals surface area contributed by atoms with Crippen molar-refractivity contribution < 1.29 is 9.32 Å². The summed E-state index contributed by atoms with van der Waals surface area (Å²) in [6, 6.07) is 0. The van der Waals surface area contributed by atoms with E-state index in [1.807, 2.05) is 13.8 Å². The molecule has 1 unspecified atom stereocenters. The van der Waals surface area contributed by atoms with Gasteiger partial charge in [0.15, 0.2) is 0 Å². The van der Waals surface area contributed by atoms with Gasteiger partial charge in [-0.15, -0.1) is 0 Å². The van der Waals surface area contributed by atoms with Crippen molar-refractivity contribution in [1.29, 1.82) is 0 Å². The van der Waals surface area contributed by atoms with Gasteiger partial charge in [-0.2, -0.15) is 0 Å². The van der Waals surface area contributed by atoms with Gasteiger partial charge in [0.1, 0.15) is 0 Å². The Bertz CT molecular complexity index is 202. The third kappa shape index (κ3) is 3.04. The molecule has 0 spiro atoms. The van der Waals surface area contributed by atoms with E-state index < -0.39 is 11.0 Å². The predicted octanol–water partition coefficient (Wildman–Crippen LogP) is 0.796. The molecular formula is C9H19NO2S. The first kappa shape index (κ1) is 11.1. The molecular weight excluding hydrogens is 186 g/mol. The molecule has 1 aliphatic carbocycles. The van der Waals surface area contributed by atoms with E-state index in [0.717, 1.165) is 6.42 Å². The van der Waals surface area contributed by atoms with Crippen LogP contribution >= 0.6 is 0 Å². The monoisotopic (exact) mass is 205 g/mol. The summed E-state index contributed by atoms with van der Waals surface area (Å²) in [7, 11) is -1.30. The summed E-state index contributed by atoms with van der Waals surface area (Å²) in [5, 5.41) is 14.5. The average Bonchev–Trinajstić information content (AvgIpc) is 2.82. The van der Waals surface area contributed by atoms with E-state index in [1.165, 1.54) is 12.8 Å². The lowest BCUT2D eigenvalue weighted by molar-refractivity contribution is 0.193. The molecule has 1 fully saturated rings. The topological polar surface area (TPSA) is 63.3 Å². The van der Waals surface area contributed by atoms with E-state index in [0.29, 0.717) is 11.8 Å². The summed E-state index contributed by atoms with van der Waals surface area (Å²) < 4.78 is 10.8. The molecule has 0 aliphatic heterocycles. The Morgan fingerprint density at radius 3 is 2.46 bits per heavy atom. The van der Waals surface area contributed by atoms with E-state index in [9.17, 15) is 4.21 Å². The summed E-state index contributed by atoms with van der Waals surface area (Å²) in [6.07, 6.45) is 3.17. The van der Waals surface area contributed by atoms with Gasteiger partial charge >= 0.3 is 0 Å². The van der Waals surface area contributed by atoms with Crippen LogP contribution in [-0.2, 0) is 11.0 Å². The lowest BCUT2D eigenvalue weighted by Gasteiger charge is -2.26. The van der Waals surface area contributed by atoms with Gasteiger partial charge in [-0.25, -0.2) is 4.21 Å². The van der Waals surface area contributed by atoms with E-state index in [1.54, 1.807) is 0 Å².